The molecule has 3 amide bonds. The highest BCUT2D eigenvalue weighted by molar-refractivity contribution is 5.88. The Labute approximate surface area is 199 Å². The molecule has 0 saturated heterocycles. The molecule has 0 aliphatic rings. The number of allylic oxidation sites excluding steroid dienone is 4. The highest BCUT2D eigenvalue weighted by Gasteiger charge is 2.23. The molecule has 0 heterocycles. The lowest BCUT2D eigenvalue weighted by Crippen LogP contribution is -2.43. The van der Waals surface area contributed by atoms with Gasteiger partial charge in [-0.3, -0.25) is 14.4 Å². The van der Waals surface area contributed by atoms with E-state index in [4.69, 9.17) is 5.73 Å². The van der Waals surface area contributed by atoms with E-state index in [-0.39, 0.29) is 30.7 Å². The number of hydrogen-bond acceptors (Lipinski definition) is 3. The molecule has 1 aromatic carbocycles. The van der Waals surface area contributed by atoms with Crippen LogP contribution in [-0.2, 0) is 20.9 Å². The van der Waals surface area contributed by atoms with Gasteiger partial charge in [-0.15, -0.1) is 0 Å². The Bertz CT molecular complexity index is 843. The van der Waals surface area contributed by atoms with Crippen LogP contribution in [0, 0.1) is 11.8 Å². The number of hydrogen-bond donors (Lipinski definition) is 2. The van der Waals surface area contributed by atoms with Crippen LogP contribution >= 0.6 is 0 Å². The van der Waals surface area contributed by atoms with E-state index in [9.17, 15) is 14.4 Å². The molecule has 0 spiro atoms. The molecule has 6 nitrogen and oxygen atoms in total. The highest BCUT2D eigenvalue weighted by atomic mass is 16.2. The topological polar surface area (TPSA) is 92.5 Å². The van der Waals surface area contributed by atoms with Crippen molar-refractivity contribution in [2.45, 2.75) is 66.8 Å². The average molecular weight is 456 g/mol. The molecule has 6 heteroatoms. The van der Waals surface area contributed by atoms with E-state index in [0.29, 0.717) is 19.5 Å². The standard InChI is InChI=1S/C27H41N3O3/c1-6-9-14-30(19-21-12-10-13-23(16-21)22(8-3)11-7-2)26(32)18-29-27(33)24(15-20(4)5)17-25(28)31/h7-8,10-13,16,20,24H,6,9,14-15,17-19H2,1-5H3,(H2,28,31)(H,29,33)/b11-7-,22-8+. The molecule has 33 heavy (non-hydrogen) atoms. The number of nitrogens with zero attached hydrogens (tertiary/aromatic N) is 1. The molecule has 0 fully saturated rings. The molecule has 0 aliphatic carbocycles. The molecule has 0 bridgehead atoms. The lowest BCUT2D eigenvalue weighted by Gasteiger charge is -2.24. The molecular weight excluding hydrogens is 414 g/mol. The first-order chi connectivity index (χ1) is 15.7. The molecule has 1 atom stereocenters. The Morgan fingerprint density at radius 1 is 1.18 bits per heavy atom. The van der Waals surface area contributed by atoms with Crippen LogP contribution in [0.25, 0.3) is 5.57 Å². The number of benzene rings is 1. The molecule has 0 aromatic heterocycles. The minimum absolute atomic E-state index is 0.00989. The van der Waals surface area contributed by atoms with Crippen LogP contribution < -0.4 is 11.1 Å². The third-order valence-electron chi connectivity index (χ3n) is 5.41. The third-order valence-corrected chi connectivity index (χ3v) is 5.41. The first-order valence-electron chi connectivity index (χ1n) is 11.9. The lowest BCUT2D eigenvalue weighted by atomic mass is 9.93. The van der Waals surface area contributed by atoms with Gasteiger partial charge in [0.1, 0.15) is 0 Å². The van der Waals surface area contributed by atoms with Crippen molar-refractivity contribution in [3.63, 3.8) is 0 Å². The summed E-state index contributed by atoms with van der Waals surface area (Å²) in [5, 5.41) is 2.74. The maximum atomic E-state index is 13.0. The number of carbonyl (C=O) groups excluding carboxylic acids is 3. The Hall–Kier alpha value is -2.89. The summed E-state index contributed by atoms with van der Waals surface area (Å²) >= 11 is 0. The fourth-order valence-electron chi connectivity index (χ4n) is 3.76. The van der Waals surface area contributed by atoms with Gasteiger partial charge in [0.2, 0.25) is 17.7 Å². The second-order valence-corrected chi connectivity index (χ2v) is 8.83. The number of amides is 3. The first kappa shape index (κ1) is 28.1. The lowest BCUT2D eigenvalue weighted by molar-refractivity contribution is -0.135. The van der Waals surface area contributed by atoms with Crippen LogP contribution in [0.15, 0.2) is 42.5 Å². The Balaban J connectivity index is 2.90. The number of rotatable bonds is 14. The van der Waals surface area contributed by atoms with E-state index in [1.165, 1.54) is 0 Å². The van der Waals surface area contributed by atoms with Crippen molar-refractivity contribution in [1.29, 1.82) is 0 Å². The van der Waals surface area contributed by atoms with Gasteiger partial charge in [0.25, 0.3) is 0 Å². The van der Waals surface area contributed by atoms with Crippen molar-refractivity contribution in [2.75, 3.05) is 13.1 Å². The molecule has 1 rings (SSSR count). The zero-order chi connectivity index (χ0) is 24.8. The second-order valence-electron chi connectivity index (χ2n) is 8.83. The number of nitrogens with two attached hydrogens (primary N) is 1. The van der Waals surface area contributed by atoms with E-state index in [0.717, 1.165) is 29.5 Å². The summed E-state index contributed by atoms with van der Waals surface area (Å²) in [4.78, 5) is 38.8. The summed E-state index contributed by atoms with van der Waals surface area (Å²) in [6.45, 7) is 11.1. The maximum absolute atomic E-state index is 13.0. The molecule has 0 radical (unpaired) electrons. The average Bonchev–Trinajstić information content (AvgIpc) is 2.77. The summed E-state index contributed by atoms with van der Waals surface area (Å²) in [6.07, 6.45) is 8.53. The minimum atomic E-state index is -0.512. The normalized spacial score (nSPS) is 12.7. The molecular formula is C27H41N3O3. The maximum Gasteiger partial charge on any atom is 0.242 e. The van der Waals surface area contributed by atoms with Crippen molar-refractivity contribution >= 4 is 23.3 Å². The van der Waals surface area contributed by atoms with E-state index in [1.54, 1.807) is 4.90 Å². The van der Waals surface area contributed by atoms with Gasteiger partial charge in [0.15, 0.2) is 0 Å². The second kappa shape index (κ2) is 15.0. The quantitative estimate of drug-likeness (QED) is 0.406. The smallest absolute Gasteiger partial charge is 0.242 e. The van der Waals surface area contributed by atoms with Crippen molar-refractivity contribution in [2.24, 2.45) is 17.6 Å². The monoisotopic (exact) mass is 455 g/mol. The van der Waals surface area contributed by atoms with Crippen LogP contribution in [0.4, 0.5) is 0 Å². The SMILES string of the molecule is C/C=C\C(=C/C)c1cccc(CN(CCCC)C(=O)CNC(=O)C(CC(N)=O)CC(C)C)c1. The van der Waals surface area contributed by atoms with Crippen molar-refractivity contribution in [1.82, 2.24) is 10.2 Å². The summed E-state index contributed by atoms with van der Waals surface area (Å²) in [5.41, 5.74) is 8.58. The van der Waals surface area contributed by atoms with Crippen molar-refractivity contribution in [3.05, 3.63) is 53.6 Å². The van der Waals surface area contributed by atoms with Gasteiger partial charge < -0.3 is 16.0 Å². The van der Waals surface area contributed by atoms with Crippen LogP contribution in [0.3, 0.4) is 0 Å². The Morgan fingerprint density at radius 3 is 2.48 bits per heavy atom. The first-order valence-corrected chi connectivity index (χ1v) is 11.9. The summed E-state index contributed by atoms with van der Waals surface area (Å²) in [5.74, 6) is -1.21. The summed E-state index contributed by atoms with van der Waals surface area (Å²) in [7, 11) is 0. The van der Waals surface area contributed by atoms with Gasteiger partial charge in [-0.2, -0.15) is 0 Å². The Kier molecular flexibility index (Phi) is 12.8. The molecule has 1 aromatic rings. The highest BCUT2D eigenvalue weighted by Crippen LogP contribution is 2.19. The third kappa shape index (κ3) is 10.5. The Morgan fingerprint density at radius 2 is 1.91 bits per heavy atom. The van der Waals surface area contributed by atoms with Gasteiger partial charge in [-0.05, 0) is 55.4 Å². The van der Waals surface area contributed by atoms with Gasteiger partial charge in [0, 0.05) is 25.4 Å². The van der Waals surface area contributed by atoms with Gasteiger partial charge >= 0.3 is 0 Å². The fourth-order valence-corrected chi connectivity index (χ4v) is 3.76. The largest absolute Gasteiger partial charge is 0.370 e. The van der Waals surface area contributed by atoms with Crippen molar-refractivity contribution in [3.8, 4) is 0 Å². The molecule has 182 valence electrons. The van der Waals surface area contributed by atoms with E-state index >= 15 is 0 Å². The van der Waals surface area contributed by atoms with Gasteiger partial charge in [-0.25, -0.2) is 0 Å². The van der Waals surface area contributed by atoms with Gasteiger partial charge in [0.05, 0.1) is 6.54 Å². The van der Waals surface area contributed by atoms with E-state index in [1.807, 2.05) is 45.9 Å². The van der Waals surface area contributed by atoms with Crippen LogP contribution in [0.2, 0.25) is 0 Å². The fraction of sp³-hybridized carbons (Fsp3) is 0.519. The molecule has 1 unspecified atom stereocenters. The molecule has 3 N–H and O–H groups in total. The van der Waals surface area contributed by atoms with E-state index in [2.05, 4.69) is 36.5 Å². The number of unbranched alkanes of at least 4 members (excludes halogenated alkanes) is 1. The summed E-state index contributed by atoms with van der Waals surface area (Å²) in [6, 6.07) is 8.18. The van der Waals surface area contributed by atoms with Crippen molar-refractivity contribution < 1.29 is 14.4 Å². The van der Waals surface area contributed by atoms with Crippen LogP contribution in [0.1, 0.15) is 71.4 Å². The zero-order valence-corrected chi connectivity index (χ0v) is 20.9. The number of carbonyl (C=O) groups is 3. The predicted molar refractivity (Wildman–Crippen MR) is 135 cm³/mol. The number of primary amides is 1. The molecule has 0 aliphatic heterocycles. The summed E-state index contributed by atoms with van der Waals surface area (Å²) < 4.78 is 0. The zero-order valence-electron chi connectivity index (χ0n) is 20.9. The van der Waals surface area contributed by atoms with Gasteiger partial charge in [-0.1, -0.05) is 63.6 Å². The minimum Gasteiger partial charge on any atom is -0.370 e. The van der Waals surface area contributed by atoms with Crippen LogP contribution in [-0.4, -0.2) is 35.7 Å². The molecule has 0 saturated carbocycles. The van der Waals surface area contributed by atoms with Crippen LogP contribution in [0.5, 0.6) is 0 Å². The predicted octanol–water partition coefficient (Wildman–Crippen LogP) is 4.45. The number of nitrogens with one attached hydrogen (secondary N) is 1. The van der Waals surface area contributed by atoms with E-state index < -0.39 is 11.8 Å².